The van der Waals surface area contributed by atoms with E-state index in [4.69, 9.17) is 4.74 Å². The summed E-state index contributed by atoms with van der Waals surface area (Å²) in [5.74, 6) is -2.22. The molecule has 3 saturated heterocycles. The molecule has 1 aromatic carbocycles. The molecule has 0 aliphatic carbocycles. The monoisotopic (exact) mass is 485 g/mol. The van der Waals surface area contributed by atoms with Crippen LogP contribution in [-0.4, -0.2) is 64.2 Å². The van der Waals surface area contributed by atoms with Gasteiger partial charge in [-0.25, -0.2) is 0 Å². The van der Waals surface area contributed by atoms with Crippen molar-refractivity contribution in [1.82, 2.24) is 10.2 Å². The van der Waals surface area contributed by atoms with Crippen molar-refractivity contribution < 1.29 is 24.2 Å². The maximum atomic E-state index is 14.1. The Labute approximate surface area is 207 Å². The zero-order valence-electron chi connectivity index (χ0n) is 21.2. The molecule has 3 amide bonds. The minimum Gasteiger partial charge on any atom is -0.394 e. The van der Waals surface area contributed by atoms with Crippen LogP contribution >= 0.6 is 0 Å². The summed E-state index contributed by atoms with van der Waals surface area (Å²) in [4.78, 5) is 42.8. The highest BCUT2D eigenvalue weighted by molar-refractivity contribution is 6.02. The van der Waals surface area contributed by atoms with E-state index < -0.39 is 35.6 Å². The van der Waals surface area contributed by atoms with Crippen LogP contribution in [0.5, 0.6) is 0 Å². The number of aliphatic hydroxyl groups excluding tert-OH is 1. The number of fused-ring (bicyclic) bond motifs is 1. The molecule has 3 fully saturated rings. The lowest BCUT2D eigenvalue weighted by molar-refractivity contribution is -0.146. The van der Waals surface area contributed by atoms with Gasteiger partial charge in [0, 0.05) is 11.7 Å². The number of likely N-dealkylation sites (tertiary alicyclic amines) is 1. The van der Waals surface area contributed by atoms with Crippen molar-refractivity contribution in [3.8, 4) is 0 Å². The number of carbonyl (C=O) groups is 3. The van der Waals surface area contributed by atoms with Gasteiger partial charge < -0.3 is 25.4 Å². The van der Waals surface area contributed by atoms with E-state index in [2.05, 4.69) is 17.6 Å². The van der Waals surface area contributed by atoms with Crippen LogP contribution in [0, 0.1) is 17.8 Å². The number of hydrogen-bond donors (Lipinski definition) is 3. The molecule has 3 aliphatic rings. The van der Waals surface area contributed by atoms with Crippen molar-refractivity contribution in [2.45, 2.75) is 89.6 Å². The number of benzene rings is 1. The van der Waals surface area contributed by atoms with E-state index in [0.717, 1.165) is 19.3 Å². The maximum Gasteiger partial charge on any atom is 0.246 e. The van der Waals surface area contributed by atoms with Crippen LogP contribution in [0.2, 0.25) is 0 Å². The van der Waals surface area contributed by atoms with Gasteiger partial charge in [0.15, 0.2) is 0 Å². The molecule has 8 heteroatoms. The molecule has 0 aromatic heterocycles. The summed E-state index contributed by atoms with van der Waals surface area (Å²) in [7, 11) is 0. The molecule has 3 aliphatic heterocycles. The van der Waals surface area contributed by atoms with Crippen LogP contribution in [-0.2, 0) is 19.1 Å². The first-order chi connectivity index (χ1) is 16.8. The number of aliphatic hydroxyl groups is 1. The van der Waals surface area contributed by atoms with E-state index in [9.17, 15) is 19.5 Å². The largest absolute Gasteiger partial charge is 0.394 e. The lowest BCUT2D eigenvalue weighted by Crippen LogP contribution is -2.60. The summed E-state index contributed by atoms with van der Waals surface area (Å²) in [6.07, 6.45) is 3.24. The summed E-state index contributed by atoms with van der Waals surface area (Å²) in [5, 5.41) is 16.4. The quantitative estimate of drug-likeness (QED) is 0.472. The summed E-state index contributed by atoms with van der Waals surface area (Å²) in [6.45, 7) is 7.75. The maximum absolute atomic E-state index is 14.1. The Kier molecular flexibility index (Phi) is 7.52. The van der Waals surface area contributed by atoms with Crippen molar-refractivity contribution in [2.24, 2.45) is 17.8 Å². The van der Waals surface area contributed by atoms with Crippen LogP contribution < -0.4 is 10.6 Å². The number of rotatable bonds is 10. The lowest BCUT2D eigenvalue weighted by Gasteiger charge is -2.39. The molecular weight excluding hydrogens is 446 g/mol. The van der Waals surface area contributed by atoms with Gasteiger partial charge in [0.2, 0.25) is 17.7 Å². The standard InChI is InChI=1S/C27H39N3O5/c1-5-10-17(4)28-25(33)23-27-14-13-20(35-27)21(24(32)29-18-11-8-7-9-12-18)22(27)26(34)30(23)19(15-31)16(3)6-2/h7-9,11-12,16-17,19-23,31H,5-6,10,13-15H2,1-4H3,(H,28,33)(H,29,32)/t16-,17?,19-,20+,21-,22-,23?,27?/m0/s1. The van der Waals surface area contributed by atoms with Crippen molar-refractivity contribution in [2.75, 3.05) is 11.9 Å². The Morgan fingerprint density at radius 2 is 1.91 bits per heavy atom. The number of carbonyl (C=O) groups excluding carboxylic acids is 3. The van der Waals surface area contributed by atoms with Gasteiger partial charge in [0.1, 0.15) is 11.6 Å². The van der Waals surface area contributed by atoms with Crippen LogP contribution in [0.15, 0.2) is 30.3 Å². The number of para-hydroxylation sites is 1. The second-order valence-corrected chi connectivity index (χ2v) is 10.5. The summed E-state index contributed by atoms with van der Waals surface area (Å²) in [6, 6.07) is 7.72. The van der Waals surface area contributed by atoms with Crippen LogP contribution in [0.3, 0.4) is 0 Å². The molecule has 1 spiro atoms. The molecule has 1 aromatic rings. The van der Waals surface area contributed by atoms with Gasteiger partial charge in [-0.1, -0.05) is 51.8 Å². The average Bonchev–Trinajstić information content (AvgIpc) is 3.48. The third kappa shape index (κ3) is 4.35. The number of nitrogens with zero attached hydrogens (tertiary/aromatic N) is 1. The number of ether oxygens (including phenoxy) is 1. The first-order valence-electron chi connectivity index (χ1n) is 13.1. The van der Waals surface area contributed by atoms with Crippen molar-refractivity contribution in [3.63, 3.8) is 0 Å². The zero-order valence-corrected chi connectivity index (χ0v) is 21.2. The summed E-state index contributed by atoms with van der Waals surface area (Å²) >= 11 is 0. The van der Waals surface area contributed by atoms with Crippen LogP contribution in [0.1, 0.15) is 59.8 Å². The smallest absolute Gasteiger partial charge is 0.246 e. The topological polar surface area (TPSA) is 108 Å². The SMILES string of the molecule is CCCC(C)NC(=O)C1N([C@@H](CO)[C@@H](C)CC)C(=O)[C@@H]2[C@@H](C(=O)Nc3ccccc3)[C@H]3CCC12O3. The number of nitrogens with one attached hydrogen (secondary N) is 2. The fourth-order valence-corrected chi connectivity index (χ4v) is 6.44. The second-order valence-electron chi connectivity index (χ2n) is 10.5. The van der Waals surface area contributed by atoms with E-state index in [1.54, 1.807) is 17.0 Å². The fourth-order valence-electron chi connectivity index (χ4n) is 6.44. The van der Waals surface area contributed by atoms with Gasteiger partial charge in [-0.3, -0.25) is 14.4 Å². The molecule has 0 saturated carbocycles. The summed E-state index contributed by atoms with van der Waals surface area (Å²) < 4.78 is 6.47. The highest BCUT2D eigenvalue weighted by Crippen LogP contribution is 2.59. The average molecular weight is 486 g/mol. The molecule has 192 valence electrons. The predicted molar refractivity (Wildman–Crippen MR) is 132 cm³/mol. The first kappa shape index (κ1) is 25.6. The van der Waals surface area contributed by atoms with Crippen LogP contribution in [0.25, 0.3) is 0 Å². The third-order valence-corrected chi connectivity index (χ3v) is 8.29. The first-order valence-corrected chi connectivity index (χ1v) is 13.1. The van der Waals surface area contributed by atoms with Gasteiger partial charge >= 0.3 is 0 Å². The number of anilines is 1. The van der Waals surface area contributed by atoms with E-state index >= 15 is 0 Å². The Bertz CT molecular complexity index is 940. The molecule has 4 rings (SSSR count). The summed E-state index contributed by atoms with van der Waals surface area (Å²) in [5.41, 5.74) is -0.399. The molecule has 3 N–H and O–H groups in total. The van der Waals surface area contributed by atoms with E-state index in [1.165, 1.54) is 0 Å². The molecule has 0 radical (unpaired) electrons. The Hall–Kier alpha value is -2.45. The van der Waals surface area contributed by atoms with Crippen molar-refractivity contribution in [1.29, 1.82) is 0 Å². The minimum absolute atomic E-state index is 0.0173. The van der Waals surface area contributed by atoms with E-state index in [0.29, 0.717) is 18.5 Å². The second kappa shape index (κ2) is 10.3. The number of hydrogen-bond acceptors (Lipinski definition) is 5. The van der Waals surface area contributed by atoms with Gasteiger partial charge in [-0.2, -0.15) is 0 Å². The Balaban J connectivity index is 1.70. The Morgan fingerprint density at radius 1 is 1.20 bits per heavy atom. The molecule has 3 heterocycles. The third-order valence-electron chi connectivity index (χ3n) is 8.29. The normalized spacial score (nSPS) is 31.7. The highest BCUT2D eigenvalue weighted by Gasteiger charge is 2.75. The Morgan fingerprint density at radius 3 is 2.54 bits per heavy atom. The van der Waals surface area contributed by atoms with E-state index in [1.807, 2.05) is 39.0 Å². The van der Waals surface area contributed by atoms with Gasteiger partial charge in [0.05, 0.1) is 30.6 Å². The van der Waals surface area contributed by atoms with Crippen LogP contribution in [0.4, 0.5) is 5.69 Å². The van der Waals surface area contributed by atoms with E-state index in [-0.39, 0.29) is 36.3 Å². The fraction of sp³-hybridized carbons (Fsp3) is 0.667. The van der Waals surface area contributed by atoms with Gasteiger partial charge in [0.25, 0.3) is 0 Å². The highest BCUT2D eigenvalue weighted by atomic mass is 16.5. The van der Waals surface area contributed by atoms with Crippen molar-refractivity contribution in [3.05, 3.63) is 30.3 Å². The predicted octanol–water partition coefficient (Wildman–Crippen LogP) is 2.71. The minimum atomic E-state index is -1.06. The lowest BCUT2D eigenvalue weighted by atomic mass is 9.70. The molecule has 8 atom stereocenters. The van der Waals surface area contributed by atoms with Gasteiger partial charge in [-0.15, -0.1) is 0 Å². The molecule has 35 heavy (non-hydrogen) atoms. The molecular formula is C27H39N3O5. The molecule has 2 bridgehead atoms. The van der Waals surface area contributed by atoms with Gasteiger partial charge in [-0.05, 0) is 44.2 Å². The molecule has 8 nitrogen and oxygen atoms in total. The van der Waals surface area contributed by atoms with Crippen molar-refractivity contribution >= 4 is 23.4 Å². The zero-order chi connectivity index (χ0) is 25.3. The molecule has 3 unspecified atom stereocenters. The number of amides is 3.